The van der Waals surface area contributed by atoms with E-state index in [-0.39, 0.29) is 5.91 Å². The molecule has 0 aromatic heterocycles. The first-order chi connectivity index (χ1) is 7.66. The molecule has 4 heteroatoms. The van der Waals surface area contributed by atoms with Gasteiger partial charge in [0, 0.05) is 26.2 Å². The van der Waals surface area contributed by atoms with Gasteiger partial charge in [-0.2, -0.15) is 0 Å². The normalized spacial score (nSPS) is 10.8. The molecule has 0 saturated heterocycles. The highest BCUT2D eigenvalue weighted by Gasteiger charge is 1.98. The Labute approximate surface area is 98.7 Å². The van der Waals surface area contributed by atoms with Crippen molar-refractivity contribution < 1.29 is 14.3 Å². The molecule has 0 aliphatic carbocycles. The second-order valence-electron chi connectivity index (χ2n) is 3.94. The van der Waals surface area contributed by atoms with Gasteiger partial charge in [-0.25, -0.2) is 0 Å². The van der Waals surface area contributed by atoms with Gasteiger partial charge in [-0.05, 0) is 33.6 Å². The summed E-state index contributed by atoms with van der Waals surface area (Å²) in [6, 6.07) is 0. The fraction of sp³-hybridized carbons (Fsp3) is 0.917. The number of nitrogens with one attached hydrogen (secondary N) is 1. The third-order valence-corrected chi connectivity index (χ3v) is 1.98. The molecule has 0 heterocycles. The van der Waals surface area contributed by atoms with Crippen LogP contribution in [0.2, 0.25) is 0 Å². The van der Waals surface area contributed by atoms with Crippen LogP contribution in [-0.4, -0.2) is 38.4 Å². The Kier molecular flexibility index (Phi) is 10.5. The van der Waals surface area contributed by atoms with Gasteiger partial charge in [-0.3, -0.25) is 4.79 Å². The minimum Gasteiger partial charge on any atom is -0.381 e. The van der Waals surface area contributed by atoms with Gasteiger partial charge < -0.3 is 14.8 Å². The zero-order valence-electron chi connectivity index (χ0n) is 10.8. The van der Waals surface area contributed by atoms with Crippen LogP contribution in [0.15, 0.2) is 0 Å². The number of unbranched alkanes of at least 4 members (excludes halogenated alkanes) is 1. The van der Waals surface area contributed by atoms with Crippen molar-refractivity contribution in [3.63, 3.8) is 0 Å². The van der Waals surface area contributed by atoms with Gasteiger partial charge in [-0.1, -0.05) is 0 Å². The smallest absolute Gasteiger partial charge is 0.222 e. The average Bonchev–Trinajstić information content (AvgIpc) is 2.22. The molecule has 0 aliphatic heterocycles. The van der Waals surface area contributed by atoms with Crippen molar-refractivity contribution >= 4 is 5.91 Å². The van der Waals surface area contributed by atoms with Crippen LogP contribution in [0.25, 0.3) is 0 Å². The summed E-state index contributed by atoms with van der Waals surface area (Å²) in [4.78, 5) is 11.0. The van der Waals surface area contributed by atoms with Crippen LogP contribution in [-0.2, 0) is 14.3 Å². The lowest BCUT2D eigenvalue weighted by atomic mass is 10.3. The Morgan fingerprint density at radius 3 is 2.50 bits per heavy atom. The summed E-state index contributed by atoms with van der Waals surface area (Å²) in [5.41, 5.74) is 0. The maximum Gasteiger partial charge on any atom is 0.222 e. The summed E-state index contributed by atoms with van der Waals surface area (Å²) < 4.78 is 10.7. The second kappa shape index (κ2) is 10.9. The number of hydrogen-bond acceptors (Lipinski definition) is 3. The molecule has 0 fully saturated rings. The zero-order valence-corrected chi connectivity index (χ0v) is 10.8. The Hall–Kier alpha value is -0.610. The number of carbonyl (C=O) groups excluding carboxylic acids is 1. The highest BCUT2D eigenvalue weighted by atomic mass is 16.5. The lowest BCUT2D eigenvalue weighted by Crippen LogP contribution is -2.23. The van der Waals surface area contributed by atoms with Crippen molar-refractivity contribution in [2.24, 2.45) is 0 Å². The fourth-order valence-corrected chi connectivity index (χ4v) is 1.18. The molecule has 0 bridgehead atoms. The molecule has 16 heavy (non-hydrogen) atoms. The molecule has 1 amide bonds. The van der Waals surface area contributed by atoms with Crippen molar-refractivity contribution in [1.29, 1.82) is 0 Å². The van der Waals surface area contributed by atoms with Gasteiger partial charge in [-0.15, -0.1) is 0 Å². The highest BCUT2D eigenvalue weighted by Crippen LogP contribution is 1.95. The number of hydrogen-bond donors (Lipinski definition) is 1. The van der Waals surface area contributed by atoms with Gasteiger partial charge in [0.2, 0.25) is 5.91 Å². The summed E-state index contributed by atoms with van der Waals surface area (Å²) in [6.07, 6.45) is 2.76. The molecule has 1 N–H and O–H groups in total. The first-order valence-electron chi connectivity index (χ1n) is 6.12. The van der Waals surface area contributed by atoms with Crippen LogP contribution >= 0.6 is 0 Å². The first kappa shape index (κ1) is 15.4. The molecule has 0 aliphatic rings. The van der Waals surface area contributed by atoms with Crippen LogP contribution in [0.5, 0.6) is 0 Å². The molecule has 0 saturated carbocycles. The first-order valence-corrected chi connectivity index (χ1v) is 6.12. The van der Waals surface area contributed by atoms with Crippen LogP contribution in [0.3, 0.4) is 0 Å². The Morgan fingerprint density at radius 2 is 1.88 bits per heavy atom. The summed E-state index contributed by atoms with van der Waals surface area (Å²) in [5, 5.41) is 2.73. The molecule has 4 nitrogen and oxygen atoms in total. The molecule has 0 radical (unpaired) electrons. The molecule has 0 spiro atoms. The summed E-state index contributed by atoms with van der Waals surface area (Å²) in [7, 11) is 0. The van der Waals surface area contributed by atoms with Crippen LogP contribution in [0.1, 0.15) is 40.0 Å². The fourth-order valence-electron chi connectivity index (χ4n) is 1.18. The topological polar surface area (TPSA) is 47.6 Å². The van der Waals surface area contributed by atoms with Crippen molar-refractivity contribution in [3.8, 4) is 0 Å². The third kappa shape index (κ3) is 11.5. The SMILES string of the molecule is CCNC(=O)CCOCCCCOC(C)C. The van der Waals surface area contributed by atoms with E-state index in [0.29, 0.717) is 32.3 Å². The maximum absolute atomic E-state index is 11.0. The molecule has 0 unspecified atom stereocenters. The molecule has 0 atom stereocenters. The van der Waals surface area contributed by atoms with Gasteiger partial charge in [0.05, 0.1) is 12.7 Å². The Balaban J connectivity index is 3.07. The molecule has 96 valence electrons. The number of amides is 1. The van der Waals surface area contributed by atoms with Gasteiger partial charge in [0.1, 0.15) is 0 Å². The minimum atomic E-state index is 0.0608. The van der Waals surface area contributed by atoms with Gasteiger partial charge in [0.25, 0.3) is 0 Å². The summed E-state index contributed by atoms with van der Waals surface area (Å²) in [6.45, 7) is 8.67. The van der Waals surface area contributed by atoms with Crippen LogP contribution in [0, 0.1) is 0 Å². The quantitative estimate of drug-likeness (QED) is 0.582. The lowest BCUT2D eigenvalue weighted by Gasteiger charge is -2.07. The summed E-state index contributed by atoms with van der Waals surface area (Å²) >= 11 is 0. The van der Waals surface area contributed by atoms with Crippen molar-refractivity contribution in [2.45, 2.75) is 46.1 Å². The second-order valence-corrected chi connectivity index (χ2v) is 3.94. The molecular weight excluding hydrogens is 206 g/mol. The van der Waals surface area contributed by atoms with E-state index in [9.17, 15) is 4.79 Å². The van der Waals surface area contributed by atoms with E-state index in [1.165, 1.54) is 0 Å². The van der Waals surface area contributed by atoms with E-state index in [4.69, 9.17) is 9.47 Å². The van der Waals surface area contributed by atoms with Crippen molar-refractivity contribution in [1.82, 2.24) is 5.32 Å². The predicted octanol–water partition coefficient (Wildman–Crippen LogP) is 1.73. The van der Waals surface area contributed by atoms with E-state index < -0.39 is 0 Å². The third-order valence-electron chi connectivity index (χ3n) is 1.98. The largest absolute Gasteiger partial charge is 0.381 e. The number of rotatable bonds is 10. The van der Waals surface area contributed by atoms with E-state index in [1.807, 2.05) is 20.8 Å². The van der Waals surface area contributed by atoms with Crippen LogP contribution < -0.4 is 5.32 Å². The molecule has 0 aromatic carbocycles. The lowest BCUT2D eigenvalue weighted by molar-refractivity contribution is -0.122. The average molecular weight is 231 g/mol. The monoisotopic (exact) mass is 231 g/mol. The Morgan fingerprint density at radius 1 is 1.19 bits per heavy atom. The van der Waals surface area contributed by atoms with Crippen molar-refractivity contribution in [2.75, 3.05) is 26.4 Å². The predicted molar refractivity (Wildman–Crippen MR) is 64.4 cm³/mol. The van der Waals surface area contributed by atoms with E-state index in [0.717, 1.165) is 19.4 Å². The van der Waals surface area contributed by atoms with E-state index in [1.54, 1.807) is 0 Å². The molecular formula is C12H25NO3. The minimum absolute atomic E-state index is 0.0608. The Bertz CT molecular complexity index is 172. The standard InChI is InChI=1S/C12H25NO3/c1-4-13-12(14)7-10-15-8-5-6-9-16-11(2)3/h11H,4-10H2,1-3H3,(H,13,14). The van der Waals surface area contributed by atoms with E-state index in [2.05, 4.69) is 5.32 Å². The van der Waals surface area contributed by atoms with Crippen molar-refractivity contribution in [3.05, 3.63) is 0 Å². The van der Waals surface area contributed by atoms with Crippen LogP contribution in [0.4, 0.5) is 0 Å². The zero-order chi connectivity index (χ0) is 12.2. The molecule has 0 rings (SSSR count). The van der Waals surface area contributed by atoms with Gasteiger partial charge in [0.15, 0.2) is 0 Å². The van der Waals surface area contributed by atoms with E-state index >= 15 is 0 Å². The highest BCUT2D eigenvalue weighted by molar-refractivity contribution is 5.75. The summed E-state index contributed by atoms with van der Waals surface area (Å²) in [5.74, 6) is 0.0608. The number of ether oxygens (including phenoxy) is 2. The van der Waals surface area contributed by atoms with Gasteiger partial charge >= 0.3 is 0 Å². The molecule has 0 aromatic rings. The maximum atomic E-state index is 11.0. The number of carbonyl (C=O) groups is 1.